The van der Waals surface area contributed by atoms with Crippen molar-refractivity contribution >= 4 is 6.29 Å². The van der Waals surface area contributed by atoms with Crippen molar-refractivity contribution in [2.24, 2.45) is 0 Å². The molecule has 0 radical (unpaired) electrons. The largest absolute Gasteiger partial charge is 0.298 e. The standard InChI is InChI=1S/C30H30O/c1-3-5-19-30(20-6-4-2)28-10-8-7-9-26(28)27-18-17-24(21-29(27)30)14-11-23-12-15-25(22-31)16-13-23/h7-10,12-13,15-18,21-22H,3-6,19-20H2,1-2H3. The van der Waals surface area contributed by atoms with Gasteiger partial charge in [-0.1, -0.05) is 93.8 Å². The van der Waals surface area contributed by atoms with Gasteiger partial charge < -0.3 is 0 Å². The van der Waals surface area contributed by atoms with Gasteiger partial charge in [0, 0.05) is 22.1 Å². The van der Waals surface area contributed by atoms with Crippen molar-refractivity contribution in [2.45, 2.75) is 57.8 Å². The molecule has 1 aliphatic carbocycles. The van der Waals surface area contributed by atoms with Crippen LogP contribution in [0.1, 0.15) is 85.0 Å². The molecule has 0 saturated carbocycles. The predicted octanol–water partition coefficient (Wildman–Crippen LogP) is 7.55. The molecular weight excluding hydrogens is 376 g/mol. The first kappa shape index (κ1) is 21.1. The first-order valence-corrected chi connectivity index (χ1v) is 11.5. The SMILES string of the molecule is CCCCC1(CCCC)c2ccccc2-c2ccc(C#Cc3ccc(C=O)cc3)cc21. The molecule has 0 fully saturated rings. The van der Waals surface area contributed by atoms with E-state index in [9.17, 15) is 4.79 Å². The topological polar surface area (TPSA) is 17.1 Å². The van der Waals surface area contributed by atoms with E-state index in [-0.39, 0.29) is 5.41 Å². The van der Waals surface area contributed by atoms with E-state index < -0.39 is 0 Å². The molecule has 1 nitrogen and oxygen atoms in total. The summed E-state index contributed by atoms with van der Waals surface area (Å²) in [7, 11) is 0. The number of hydrogen-bond donors (Lipinski definition) is 0. The summed E-state index contributed by atoms with van der Waals surface area (Å²) in [6, 6.07) is 23.2. The Morgan fingerprint density at radius 3 is 2.03 bits per heavy atom. The number of carbonyl (C=O) groups excluding carboxylic acids is 1. The summed E-state index contributed by atoms with van der Waals surface area (Å²) >= 11 is 0. The lowest BCUT2D eigenvalue weighted by Crippen LogP contribution is -2.25. The van der Waals surface area contributed by atoms with Gasteiger partial charge in [-0.25, -0.2) is 0 Å². The first-order valence-electron chi connectivity index (χ1n) is 11.5. The van der Waals surface area contributed by atoms with Gasteiger partial charge in [-0.2, -0.15) is 0 Å². The van der Waals surface area contributed by atoms with Crippen molar-refractivity contribution in [3.8, 4) is 23.0 Å². The van der Waals surface area contributed by atoms with Gasteiger partial charge >= 0.3 is 0 Å². The third-order valence-electron chi connectivity index (χ3n) is 6.58. The summed E-state index contributed by atoms with van der Waals surface area (Å²) in [5.41, 5.74) is 8.50. The Morgan fingerprint density at radius 1 is 0.742 bits per heavy atom. The maximum atomic E-state index is 10.9. The minimum absolute atomic E-state index is 0.0985. The minimum atomic E-state index is 0.0985. The predicted molar refractivity (Wildman–Crippen MR) is 130 cm³/mol. The van der Waals surface area contributed by atoms with Crippen molar-refractivity contribution in [1.82, 2.24) is 0 Å². The maximum absolute atomic E-state index is 10.9. The highest BCUT2D eigenvalue weighted by atomic mass is 16.1. The zero-order valence-electron chi connectivity index (χ0n) is 18.6. The van der Waals surface area contributed by atoms with Crippen LogP contribution in [0.5, 0.6) is 0 Å². The molecule has 0 bridgehead atoms. The lowest BCUT2D eigenvalue weighted by Gasteiger charge is -2.32. The van der Waals surface area contributed by atoms with E-state index in [2.05, 4.69) is 68.2 Å². The second kappa shape index (κ2) is 9.36. The number of hydrogen-bond acceptors (Lipinski definition) is 1. The van der Waals surface area contributed by atoms with Crippen LogP contribution in [0, 0.1) is 11.8 Å². The van der Waals surface area contributed by atoms with E-state index in [4.69, 9.17) is 0 Å². The molecule has 0 aliphatic heterocycles. The first-order chi connectivity index (χ1) is 15.2. The van der Waals surface area contributed by atoms with Crippen LogP contribution in [0.15, 0.2) is 66.7 Å². The maximum Gasteiger partial charge on any atom is 0.150 e. The Kier molecular flexibility index (Phi) is 6.38. The van der Waals surface area contributed by atoms with Gasteiger partial charge in [0.1, 0.15) is 6.29 Å². The fourth-order valence-corrected chi connectivity index (χ4v) is 4.94. The summed E-state index contributed by atoms with van der Waals surface area (Å²) in [5, 5.41) is 0. The van der Waals surface area contributed by atoms with E-state index in [0.29, 0.717) is 5.56 Å². The number of rotatable bonds is 7. The van der Waals surface area contributed by atoms with Gasteiger partial charge in [-0.05, 0) is 59.4 Å². The van der Waals surface area contributed by atoms with E-state index in [1.807, 2.05) is 24.3 Å². The number of fused-ring (bicyclic) bond motifs is 3. The monoisotopic (exact) mass is 406 g/mol. The molecule has 3 aromatic rings. The Hall–Kier alpha value is -3.11. The smallest absolute Gasteiger partial charge is 0.150 e. The molecule has 1 heteroatoms. The molecule has 0 saturated heterocycles. The van der Waals surface area contributed by atoms with Gasteiger partial charge in [0.2, 0.25) is 0 Å². The summed E-state index contributed by atoms with van der Waals surface area (Å²) < 4.78 is 0. The number of aldehydes is 1. The molecule has 0 unspecified atom stereocenters. The van der Waals surface area contributed by atoms with Crippen molar-refractivity contribution in [2.75, 3.05) is 0 Å². The Balaban J connectivity index is 1.78. The zero-order chi connectivity index (χ0) is 21.7. The van der Waals surface area contributed by atoms with E-state index in [0.717, 1.165) is 17.4 Å². The lowest BCUT2D eigenvalue weighted by molar-refractivity contribution is 0.112. The van der Waals surface area contributed by atoms with Crippen LogP contribution in [0.3, 0.4) is 0 Å². The van der Waals surface area contributed by atoms with Crippen molar-refractivity contribution in [3.63, 3.8) is 0 Å². The van der Waals surface area contributed by atoms with Gasteiger partial charge in [0.15, 0.2) is 0 Å². The number of unbranched alkanes of at least 4 members (excludes halogenated alkanes) is 2. The van der Waals surface area contributed by atoms with Gasteiger partial charge in [0.25, 0.3) is 0 Å². The molecule has 3 aromatic carbocycles. The minimum Gasteiger partial charge on any atom is -0.298 e. The Labute approximate surface area is 186 Å². The van der Waals surface area contributed by atoms with Crippen molar-refractivity contribution in [3.05, 3.63) is 94.5 Å². The van der Waals surface area contributed by atoms with E-state index in [1.54, 1.807) is 0 Å². The summed E-state index contributed by atoms with van der Waals surface area (Å²) in [4.78, 5) is 10.9. The van der Waals surface area contributed by atoms with Crippen LogP contribution in [-0.2, 0) is 5.41 Å². The Bertz CT molecular complexity index is 1120. The normalized spacial score (nSPS) is 13.1. The summed E-state index contributed by atoms with van der Waals surface area (Å²) in [6.07, 6.45) is 8.13. The zero-order valence-corrected chi connectivity index (χ0v) is 18.6. The molecule has 0 heterocycles. The molecular formula is C30H30O. The third-order valence-corrected chi connectivity index (χ3v) is 6.58. The molecule has 4 rings (SSSR count). The van der Waals surface area contributed by atoms with E-state index in [1.165, 1.54) is 60.8 Å². The van der Waals surface area contributed by atoms with E-state index >= 15 is 0 Å². The van der Waals surface area contributed by atoms with Crippen LogP contribution in [0.25, 0.3) is 11.1 Å². The molecule has 31 heavy (non-hydrogen) atoms. The second-order valence-electron chi connectivity index (χ2n) is 8.59. The highest BCUT2D eigenvalue weighted by Gasteiger charge is 2.41. The number of carbonyl (C=O) groups is 1. The highest BCUT2D eigenvalue weighted by Crippen LogP contribution is 2.54. The van der Waals surface area contributed by atoms with Gasteiger partial charge in [-0.15, -0.1) is 0 Å². The number of benzene rings is 3. The van der Waals surface area contributed by atoms with Crippen LogP contribution >= 0.6 is 0 Å². The third kappa shape index (κ3) is 4.08. The van der Waals surface area contributed by atoms with Crippen LogP contribution in [-0.4, -0.2) is 6.29 Å². The van der Waals surface area contributed by atoms with Crippen molar-refractivity contribution in [1.29, 1.82) is 0 Å². The molecule has 1 aliphatic rings. The average molecular weight is 407 g/mol. The van der Waals surface area contributed by atoms with Gasteiger partial charge in [-0.3, -0.25) is 4.79 Å². The second-order valence-corrected chi connectivity index (χ2v) is 8.59. The average Bonchev–Trinajstić information content (AvgIpc) is 3.10. The molecule has 0 amide bonds. The molecule has 0 N–H and O–H groups in total. The fraction of sp³-hybridized carbons (Fsp3) is 0.300. The van der Waals surface area contributed by atoms with Crippen molar-refractivity contribution < 1.29 is 4.79 Å². The summed E-state index contributed by atoms with van der Waals surface area (Å²) in [5.74, 6) is 6.64. The van der Waals surface area contributed by atoms with Crippen LogP contribution in [0.2, 0.25) is 0 Å². The molecule has 0 aromatic heterocycles. The lowest BCUT2D eigenvalue weighted by atomic mass is 9.70. The highest BCUT2D eigenvalue weighted by molar-refractivity contribution is 5.82. The Morgan fingerprint density at radius 2 is 1.35 bits per heavy atom. The molecule has 0 spiro atoms. The fourth-order valence-electron chi connectivity index (χ4n) is 4.94. The summed E-state index contributed by atoms with van der Waals surface area (Å²) in [6.45, 7) is 4.57. The molecule has 0 atom stereocenters. The van der Waals surface area contributed by atoms with Gasteiger partial charge in [0.05, 0.1) is 0 Å². The van der Waals surface area contributed by atoms with Crippen LogP contribution < -0.4 is 0 Å². The molecule has 156 valence electrons. The quantitative estimate of drug-likeness (QED) is 0.292. The van der Waals surface area contributed by atoms with Crippen LogP contribution in [0.4, 0.5) is 0 Å².